The molecule has 0 bridgehead atoms. The maximum Gasteiger partial charge on any atom is 0.393 e. The zero-order valence-corrected chi connectivity index (χ0v) is 27.9. The number of rotatable bonds is 13. The van der Waals surface area contributed by atoms with E-state index >= 15 is 8.78 Å². The standard InChI is InChI=1S/C34H41F5N4O5S/c1-46-14-15-48-31-17-30(43-10-12-47-13-11-43)25(35)16-29(31)40-8-3-6-32-24(18-34(37,38)39)23-4-2-5-28(33(23)49-32)41-27-7-9-42(20-26(27)36)19-22(45)21-44/h2,4-5,16-17,22,26-27,40-41,44-45H,7-15,18-21H2,1H3. The summed E-state index contributed by atoms with van der Waals surface area (Å²) in [6.45, 7) is 2.83. The van der Waals surface area contributed by atoms with Crippen molar-refractivity contribution in [1.29, 1.82) is 0 Å². The van der Waals surface area contributed by atoms with E-state index in [1.165, 1.54) is 13.2 Å². The molecule has 0 spiro atoms. The van der Waals surface area contributed by atoms with Crippen LogP contribution in [0.5, 0.6) is 5.75 Å². The minimum absolute atomic E-state index is 0.00509. The van der Waals surface area contributed by atoms with Crippen molar-refractivity contribution in [2.45, 2.75) is 37.3 Å². The van der Waals surface area contributed by atoms with E-state index in [2.05, 4.69) is 22.5 Å². The van der Waals surface area contributed by atoms with E-state index in [1.54, 1.807) is 29.2 Å². The number of methoxy groups -OCH3 is 1. The molecule has 4 N–H and O–H groups in total. The third-order valence-corrected chi connectivity index (χ3v) is 9.55. The highest BCUT2D eigenvalue weighted by atomic mass is 32.1. The molecular weight excluding hydrogens is 671 g/mol. The van der Waals surface area contributed by atoms with Crippen molar-refractivity contribution < 1.29 is 46.4 Å². The van der Waals surface area contributed by atoms with Crippen LogP contribution in [-0.4, -0.2) is 119 Å². The topological polar surface area (TPSA) is 98.7 Å². The number of benzene rings is 2. The summed E-state index contributed by atoms with van der Waals surface area (Å²) in [5.74, 6) is 5.71. The number of nitrogens with one attached hydrogen (secondary N) is 2. The Bertz CT molecular complexity index is 1610. The number of ether oxygens (including phenoxy) is 3. The molecule has 5 rings (SSSR count). The van der Waals surface area contributed by atoms with Crippen LogP contribution in [-0.2, 0) is 15.9 Å². The molecule has 2 aromatic carbocycles. The molecule has 0 aliphatic carbocycles. The monoisotopic (exact) mass is 712 g/mol. The Kier molecular flexibility index (Phi) is 12.8. The Balaban J connectivity index is 1.35. The van der Waals surface area contributed by atoms with E-state index < -0.39 is 43.3 Å². The Morgan fingerprint density at radius 2 is 1.94 bits per heavy atom. The number of aliphatic hydroxyl groups excluding tert-OH is 2. The number of hydrogen-bond acceptors (Lipinski definition) is 10. The molecule has 268 valence electrons. The van der Waals surface area contributed by atoms with Gasteiger partial charge in [0.2, 0.25) is 0 Å². The zero-order chi connectivity index (χ0) is 35.0. The fourth-order valence-corrected chi connectivity index (χ4v) is 7.13. The number of β-amino-alcohol motifs (C(OH)–C–C–N with tert-alkyl or cyclic N) is 1. The molecule has 0 amide bonds. The lowest BCUT2D eigenvalue weighted by atomic mass is 10.0. The lowest BCUT2D eigenvalue weighted by molar-refractivity contribution is -0.126. The van der Waals surface area contributed by atoms with Crippen LogP contribution in [0.2, 0.25) is 0 Å². The van der Waals surface area contributed by atoms with Crippen LogP contribution in [0.4, 0.5) is 39.0 Å². The first kappa shape index (κ1) is 36.9. The molecule has 3 heterocycles. The van der Waals surface area contributed by atoms with Crippen LogP contribution < -0.4 is 20.3 Å². The summed E-state index contributed by atoms with van der Waals surface area (Å²) < 4.78 is 88.6. The van der Waals surface area contributed by atoms with Crippen molar-refractivity contribution in [3.8, 4) is 17.6 Å². The van der Waals surface area contributed by atoms with Gasteiger partial charge < -0.3 is 40.0 Å². The van der Waals surface area contributed by atoms with Gasteiger partial charge in [0, 0.05) is 52.0 Å². The number of aliphatic hydroxyl groups is 2. The predicted octanol–water partition coefficient (Wildman–Crippen LogP) is 4.65. The maximum atomic E-state index is 15.2. The van der Waals surface area contributed by atoms with Crippen LogP contribution in [0.1, 0.15) is 16.9 Å². The van der Waals surface area contributed by atoms with Crippen molar-refractivity contribution in [2.75, 3.05) is 94.9 Å². The van der Waals surface area contributed by atoms with E-state index in [0.29, 0.717) is 78.8 Å². The van der Waals surface area contributed by atoms with Gasteiger partial charge in [-0.2, -0.15) is 13.2 Å². The normalized spacial score (nSPS) is 19.4. The number of alkyl halides is 4. The highest BCUT2D eigenvalue weighted by molar-refractivity contribution is 7.20. The van der Waals surface area contributed by atoms with Gasteiger partial charge in [0.25, 0.3) is 0 Å². The molecule has 1 aromatic heterocycles. The number of hydrogen-bond donors (Lipinski definition) is 4. The van der Waals surface area contributed by atoms with E-state index in [9.17, 15) is 18.3 Å². The summed E-state index contributed by atoms with van der Waals surface area (Å²) in [6.07, 6.45) is -7.53. The van der Waals surface area contributed by atoms with E-state index in [0.717, 1.165) is 11.3 Å². The summed E-state index contributed by atoms with van der Waals surface area (Å²) in [5.41, 5.74) is 1.28. The Morgan fingerprint density at radius 3 is 2.65 bits per heavy atom. The van der Waals surface area contributed by atoms with Gasteiger partial charge in [-0.05, 0) is 23.4 Å². The number of thiophene rings is 1. The summed E-state index contributed by atoms with van der Waals surface area (Å²) >= 11 is 1.10. The number of nitrogens with zero attached hydrogens (tertiary/aromatic N) is 2. The molecule has 9 nitrogen and oxygen atoms in total. The predicted molar refractivity (Wildman–Crippen MR) is 180 cm³/mol. The summed E-state index contributed by atoms with van der Waals surface area (Å²) in [5, 5.41) is 25.5. The number of piperidine rings is 1. The smallest absolute Gasteiger partial charge is 0.393 e. The molecule has 0 radical (unpaired) electrons. The van der Waals surface area contributed by atoms with Crippen molar-refractivity contribution >= 4 is 38.5 Å². The molecular formula is C34H41F5N4O5S. The first-order chi connectivity index (χ1) is 23.6. The number of morpholine rings is 1. The average molecular weight is 713 g/mol. The Hall–Kier alpha value is -3.39. The lowest BCUT2D eigenvalue weighted by Gasteiger charge is -2.36. The number of anilines is 3. The molecule has 2 saturated heterocycles. The van der Waals surface area contributed by atoms with Crippen LogP contribution in [0.25, 0.3) is 10.1 Å². The minimum Gasteiger partial charge on any atom is -0.489 e. The third-order valence-electron chi connectivity index (χ3n) is 8.36. The lowest BCUT2D eigenvalue weighted by Crippen LogP contribution is -2.50. The SMILES string of the molecule is COCCOc1cc(N2CCOCC2)c(F)cc1NCC#Cc1sc2c(NC3CCN(CC(O)CO)CC3F)cccc2c1CC(F)(F)F. The summed E-state index contributed by atoms with van der Waals surface area (Å²) in [4.78, 5) is 3.85. The van der Waals surface area contributed by atoms with Gasteiger partial charge in [0.05, 0.1) is 78.2 Å². The first-order valence-electron chi connectivity index (χ1n) is 16.1. The fourth-order valence-electron chi connectivity index (χ4n) is 5.96. The number of likely N-dealkylation sites (tertiary alicyclic amines) is 1. The second-order valence-corrected chi connectivity index (χ2v) is 13.0. The van der Waals surface area contributed by atoms with Gasteiger partial charge >= 0.3 is 6.18 Å². The zero-order valence-electron chi connectivity index (χ0n) is 27.1. The quantitative estimate of drug-likeness (QED) is 0.115. The minimum atomic E-state index is -4.49. The molecule has 2 aliphatic rings. The number of halogens is 5. The van der Waals surface area contributed by atoms with Gasteiger partial charge in [-0.3, -0.25) is 4.90 Å². The van der Waals surface area contributed by atoms with Gasteiger partial charge in [-0.25, -0.2) is 8.78 Å². The number of fused-ring (bicyclic) bond motifs is 1. The van der Waals surface area contributed by atoms with Crippen LogP contribution in [0.15, 0.2) is 30.3 Å². The summed E-state index contributed by atoms with van der Waals surface area (Å²) in [6, 6.07) is 7.29. The van der Waals surface area contributed by atoms with Gasteiger partial charge in [-0.15, -0.1) is 11.3 Å². The van der Waals surface area contributed by atoms with Crippen LogP contribution in [0.3, 0.4) is 0 Å². The van der Waals surface area contributed by atoms with Crippen molar-refractivity contribution in [3.05, 3.63) is 46.6 Å². The third kappa shape index (κ3) is 9.87. The van der Waals surface area contributed by atoms with E-state index in [-0.39, 0.29) is 36.7 Å². The van der Waals surface area contributed by atoms with Crippen molar-refractivity contribution in [2.24, 2.45) is 0 Å². The maximum absolute atomic E-state index is 15.2. The first-order valence-corrected chi connectivity index (χ1v) is 16.9. The van der Waals surface area contributed by atoms with E-state index in [1.807, 2.05) is 4.90 Å². The highest BCUT2D eigenvalue weighted by Crippen LogP contribution is 2.40. The highest BCUT2D eigenvalue weighted by Gasteiger charge is 2.33. The Labute approximate surface area is 285 Å². The van der Waals surface area contributed by atoms with Gasteiger partial charge in [0.15, 0.2) is 0 Å². The largest absolute Gasteiger partial charge is 0.489 e. The fraction of sp³-hybridized carbons (Fsp3) is 0.529. The second-order valence-electron chi connectivity index (χ2n) is 11.9. The second kappa shape index (κ2) is 17.0. The molecule has 0 saturated carbocycles. The van der Waals surface area contributed by atoms with Gasteiger partial charge in [0.1, 0.15) is 24.3 Å². The molecule has 15 heteroatoms. The molecule has 3 unspecified atom stereocenters. The van der Waals surface area contributed by atoms with Crippen molar-refractivity contribution in [1.82, 2.24) is 4.90 Å². The van der Waals surface area contributed by atoms with Crippen LogP contribution >= 0.6 is 11.3 Å². The summed E-state index contributed by atoms with van der Waals surface area (Å²) in [7, 11) is 1.54. The van der Waals surface area contributed by atoms with Gasteiger partial charge in [-0.1, -0.05) is 24.0 Å². The Morgan fingerprint density at radius 1 is 1.14 bits per heavy atom. The molecule has 3 aromatic rings. The molecule has 49 heavy (non-hydrogen) atoms. The molecule has 2 aliphatic heterocycles. The average Bonchev–Trinajstić information content (AvgIpc) is 3.41. The van der Waals surface area contributed by atoms with Crippen LogP contribution in [0, 0.1) is 17.7 Å². The molecule has 3 atom stereocenters. The molecule has 2 fully saturated rings. The van der Waals surface area contributed by atoms with Crippen molar-refractivity contribution in [3.63, 3.8) is 0 Å². The van der Waals surface area contributed by atoms with E-state index in [4.69, 9.17) is 19.3 Å².